The van der Waals surface area contributed by atoms with Crippen molar-refractivity contribution in [3.05, 3.63) is 5.21 Å². The first kappa shape index (κ1) is 21.7. The lowest BCUT2D eigenvalue weighted by atomic mass is 9.66. The number of hydrogen-bond acceptors (Lipinski definition) is 3. The molecule has 1 saturated heterocycles. The molecular weight excluding hydrogens is 368 g/mol. The Hall–Kier alpha value is -1.04. The average molecular weight is 409 g/mol. The topological polar surface area (TPSA) is 55.6 Å². The highest BCUT2D eigenvalue weighted by Gasteiger charge is 2.44. The van der Waals surface area contributed by atoms with Gasteiger partial charge < -0.3 is 14.8 Å². The SMILES string of the molecule is C[C@@H]1C[C@H](CC2=[N+]([O-])CCCC2)[C@H]2CCCN(C(=O)OCC[Si](C)(C)C)[C@H]2C1. The van der Waals surface area contributed by atoms with Gasteiger partial charge in [0, 0.05) is 39.9 Å². The third-order valence-corrected chi connectivity index (χ3v) is 8.73. The number of hydroxylamine groups is 1. The molecular formula is C22H40N2O3Si. The summed E-state index contributed by atoms with van der Waals surface area (Å²) in [5.74, 6) is 1.67. The molecule has 0 N–H and O–H groups in total. The molecule has 3 aliphatic rings. The van der Waals surface area contributed by atoms with Crippen molar-refractivity contribution < 1.29 is 14.3 Å². The number of carbonyl (C=O) groups excluding carboxylic acids is 1. The van der Waals surface area contributed by atoms with Crippen LogP contribution >= 0.6 is 0 Å². The van der Waals surface area contributed by atoms with Crippen molar-refractivity contribution in [2.45, 2.75) is 90.0 Å². The van der Waals surface area contributed by atoms with E-state index in [1.54, 1.807) is 0 Å². The lowest BCUT2D eigenvalue weighted by Crippen LogP contribution is -2.54. The second kappa shape index (κ2) is 9.18. The Morgan fingerprint density at radius 2 is 2.04 bits per heavy atom. The lowest BCUT2D eigenvalue weighted by molar-refractivity contribution is -0.465. The molecule has 0 unspecified atom stereocenters. The fourth-order valence-electron chi connectivity index (χ4n) is 5.50. The summed E-state index contributed by atoms with van der Waals surface area (Å²) in [6, 6.07) is 1.32. The number of fused-ring (bicyclic) bond motifs is 1. The van der Waals surface area contributed by atoms with Gasteiger partial charge in [-0.15, -0.1) is 0 Å². The van der Waals surface area contributed by atoms with Crippen LogP contribution in [0.5, 0.6) is 0 Å². The summed E-state index contributed by atoms with van der Waals surface area (Å²) < 4.78 is 6.97. The van der Waals surface area contributed by atoms with Gasteiger partial charge in [-0.25, -0.2) is 9.53 Å². The minimum atomic E-state index is -1.19. The van der Waals surface area contributed by atoms with E-state index in [-0.39, 0.29) is 6.09 Å². The van der Waals surface area contributed by atoms with Crippen LogP contribution in [0.25, 0.3) is 0 Å². The molecule has 6 heteroatoms. The van der Waals surface area contributed by atoms with E-state index in [1.807, 2.05) is 4.90 Å². The number of rotatable bonds is 5. The van der Waals surface area contributed by atoms with Gasteiger partial charge in [-0.2, -0.15) is 0 Å². The van der Waals surface area contributed by atoms with Crippen LogP contribution < -0.4 is 0 Å². The van der Waals surface area contributed by atoms with Crippen LogP contribution in [0.3, 0.4) is 0 Å². The van der Waals surface area contributed by atoms with Crippen molar-refractivity contribution in [3.63, 3.8) is 0 Å². The van der Waals surface area contributed by atoms with Gasteiger partial charge in [0.05, 0.1) is 6.61 Å². The fourth-order valence-corrected chi connectivity index (χ4v) is 6.22. The highest BCUT2D eigenvalue weighted by Crippen LogP contribution is 2.43. The predicted octanol–water partition coefficient (Wildman–Crippen LogP) is 5.11. The van der Waals surface area contributed by atoms with E-state index in [9.17, 15) is 10.0 Å². The van der Waals surface area contributed by atoms with Gasteiger partial charge in [-0.05, 0) is 55.9 Å². The smallest absolute Gasteiger partial charge is 0.410 e. The Morgan fingerprint density at radius 3 is 2.75 bits per heavy atom. The van der Waals surface area contributed by atoms with Crippen molar-refractivity contribution in [3.8, 4) is 0 Å². The van der Waals surface area contributed by atoms with Gasteiger partial charge in [0.15, 0.2) is 12.3 Å². The molecule has 1 amide bonds. The molecule has 0 spiro atoms. The summed E-state index contributed by atoms with van der Waals surface area (Å²) >= 11 is 0. The summed E-state index contributed by atoms with van der Waals surface area (Å²) in [5.41, 5.74) is 1.11. The molecule has 0 bridgehead atoms. The second-order valence-electron chi connectivity index (χ2n) is 10.7. The number of nitrogens with zero attached hydrogens (tertiary/aromatic N) is 2. The molecule has 0 radical (unpaired) electrons. The third kappa shape index (κ3) is 5.52. The standard InChI is InChI=1S/C22H40N2O3Si/c1-17-14-18(16-19-8-5-6-11-24(19)26)20-9-7-10-23(21(20)15-17)22(25)27-12-13-28(2,3)4/h17-18,20-21H,5-16H2,1-4H3/t17-,18-,20-,21+/m1/s1. The van der Waals surface area contributed by atoms with Gasteiger partial charge in [0.25, 0.3) is 0 Å². The van der Waals surface area contributed by atoms with Crippen LogP contribution in [-0.4, -0.2) is 55.3 Å². The van der Waals surface area contributed by atoms with Crippen molar-refractivity contribution in [1.82, 2.24) is 4.90 Å². The highest BCUT2D eigenvalue weighted by atomic mass is 28.3. The molecule has 2 fully saturated rings. The van der Waals surface area contributed by atoms with Crippen LogP contribution in [0.15, 0.2) is 0 Å². The first-order valence-electron chi connectivity index (χ1n) is 11.5. The van der Waals surface area contributed by atoms with E-state index in [0.717, 1.165) is 56.8 Å². The average Bonchev–Trinajstić information content (AvgIpc) is 2.62. The zero-order chi connectivity index (χ0) is 20.3. The molecule has 5 nitrogen and oxygen atoms in total. The van der Waals surface area contributed by atoms with E-state index in [2.05, 4.69) is 26.6 Å². The molecule has 4 atom stereocenters. The maximum Gasteiger partial charge on any atom is 0.410 e. The Bertz CT molecular complexity index is 587. The quantitative estimate of drug-likeness (QED) is 0.361. The number of ether oxygens (including phenoxy) is 1. The predicted molar refractivity (Wildman–Crippen MR) is 117 cm³/mol. The van der Waals surface area contributed by atoms with Gasteiger partial charge in [0.1, 0.15) is 0 Å². The monoisotopic (exact) mass is 408 g/mol. The highest BCUT2D eigenvalue weighted by molar-refractivity contribution is 6.76. The van der Waals surface area contributed by atoms with E-state index in [0.29, 0.717) is 36.9 Å². The maximum absolute atomic E-state index is 12.8. The Morgan fingerprint density at radius 1 is 1.25 bits per heavy atom. The maximum atomic E-state index is 12.8. The number of amides is 1. The summed E-state index contributed by atoms with van der Waals surface area (Å²) in [4.78, 5) is 14.9. The van der Waals surface area contributed by atoms with E-state index >= 15 is 0 Å². The largest absolute Gasteiger partial charge is 0.624 e. The molecule has 3 rings (SSSR count). The van der Waals surface area contributed by atoms with Crippen molar-refractivity contribution in [2.75, 3.05) is 19.7 Å². The van der Waals surface area contributed by atoms with Gasteiger partial charge in [-0.1, -0.05) is 26.6 Å². The zero-order valence-electron chi connectivity index (χ0n) is 18.4. The minimum absolute atomic E-state index is 0.100. The molecule has 28 heavy (non-hydrogen) atoms. The minimum Gasteiger partial charge on any atom is -0.624 e. The van der Waals surface area contributed by atoms with Crippen LogP contribution in [0, 0.1) is 23.0 Å². The fraction of sp³-hybridized carbons (Fsp3) is 0.909. The van der Waals surface area contributed by atoms with Crippen LogP contribution in [0.1, 0.15) is 58.3 Å². The first-order chi connectivity index (χ1) is 13.2. The molecule has 0 aromatic rings. The van der Waals surface area contributed by atoms with Gasteiger partial charge in [0.2, 0.25) is 0 Å². The van der Waals surface area contributed by atoms with Gasteiger partial charge >= 0.3 is 6.09 Å². The molecule has 1 aliphatic carbocycles. The van der Waals surface area contributed by atoms with E-state index in [4.69, 9.17) is 4.74 Å². The molecule has 2 aliphatic heterocycles. The molecule has 1 saturated carbocycles. The van der Waals surface area contributed by atoms with E-state index < -0.39 is 8.07 Å². The summed E-state index contributed by atoms with van der Waals surface area (Å²) in [5, 5.41) is 12.3. The van der Waals surface area contributed by atoms with Gasteiger partial charge in [-0.3, -0.25) is 0 Å². The number of likely N-dealkylation sites (tertiary alicyclic amines) is 1. The zero-order valence-corrected chi connectivity index (χ0v) is 19.4. The molecule has 0 aromatic heterocycles. The second-order valence-corrected chi connectivity index (χ2v) is 16.3. The molecule has 160 valence electrons. The summed E-state index contributed by atoms with van der Waals surface area (Å²) in [6.07, 6.45) is 8.51. The molecule has 0 aromatic carbocycles. The lowest BCUT2D eigenvalue weighted by Gasteiger charge is -2.49. The Balaban J connectivity index is 1.65. The normalized spacial score (nSPS) is 31.5. The van der Waals surface area contributed by atoms with Crippen molar-refractivity contribution >= 4 is 19.9 Å². The summed E-state index contributed by atoms with van der Waals surface area (Å²) in [7, 11) is -1.19. The summed E-state index contributed by atoms with van der Waals surface area (Å²) in [6.45, 7) is 11.3. The van der Waals surface area contributed by atoms with Crippen molar-refractivity contribution in [2.24, 2.45) is 17.8 Å². The van der Waals surface area contributed by atoms with Crippen molar-refractivity contribution in [1.29, 1.82) is 0 Å². The first-order valence-corrected chi connectivity index (χ1v) is 15.2. The van der Waals surface area contributed by atoms with E-state index in [1.165, 1.54) is 17.6 Å². The van der Waals surface area contributed by atoms with Crippen LogP contribution in [-0.2, 0) is 4.74 Å². The number of piperidine rings is 1. The number of hydrogen-bond donors (Lipinski definition) is 0. The Kier molecular flexibility index (Phi) is 7.10. The third-order valence-electron chi connectivity index (χ3n) is 7.02. The Labute approximate surface area is 172 Å². The van der Waals surface area contributed by atoms with Crippen LogP contribution in [0.2, 0.25) is 25.7 Å². The molecule has 2 heterocycles. The number of carbonyl (C=O) groups is 1. The van der Waals surface area contributed by atoms with Crippen LogP contribution in [0.4, 0.5) is 4.79 Å².